The summed E-state index contributed by atoms with van der Waals surface area (Å²) in [7, 11) is 0. The van der Waals surface area contributed by atoms with E-state index in [9.17, 15) is 18.0 Å². The van der Waals surface area contributed by atoms with E-state index in [0.717, 1.165) is 25.3 Å². The largest absolute Gasteiger partial charge is 0.392 e. The molecular weight excluding hydrogens is 253 g/mol. The summed E-state index contributed by atoms with van der Waals surface area (Å²) in [4.78, 5) is 12.3. The second-order valence-electron chi connectivity index (χ2n) is 6.78. The van der Waals surface area contributed by atoms with Crippen LogP contribution in [0.5, 0.6) is 0 Å². The van der Waals surface area contributed by atoms with E-state index in [0.29, 0.717) is 17.8 Å². The molecule has 4 bridgehead atoms. The van der Waals surface area contributed by atoms with Gasteiger partial charge in [-0.3, -0.25) is 4.79 Å². The quantitative estimate of drug-likeness (QED) is 0.701. The van der Waals surface area contributed by atoms with Gasteiger partial charge in [-0.1, -0.05) is 6.08 Å². The molecule has 4 saturated carbocycles. The minimum atomic E-state index is -4.21. The van der Waals surface area contributed by atoms with Gasteiger partial charge in [-0.15, -0.1) is 0 Å². The molecule has 1 nitrogen and oxygen atoms in total. The average Bonchev–Trinajstić information content (AvgIpc) is 2.25. The van der Waals surface area contributed by atoms with Crippen molar-refractivity contribution < 1.29 is 18.0 Å². The van der Waals surface area contributed by atoms with E-state index in [4.69, 9.17) is 0 Å². The van der Waals surface area contributed by atoms with E-state index in [-0.39, 0.29) is 11.2 Å². The first-order valence-electron chi connectivity index (χ1n) is 7.14. The minimum Gasteiger partial charge on any atom is -0.294 e. The van der Waals surface area contributed by atoms with Crippen molar-refractivity contribution in [1.29, 1.82) is 0 Å². The number of alkyl halides is 3. The van der Waals surface area contributed by atoms with Crippen LogP contribution in [-0.2, 0) is 4.79 Å². The van der Waals surface area contributed by atoms with Crippen molar-refractivity contribution in [1.82, 2.24) is 0 Å². The molecule has 4 aliphatic rings. The van der Waals surface area contributed by atoms with Crippen LogP contribution in [-0.4, -0.2) is 12.0 Å². The molecule has 19 heavy (non-hydrogen) atoms. The van der Waals surface area contributed by atoms with Gasteiger partial charge in [0, 0.05) is 5.41 Å². The van der Waals surface area contributed by atoms with Crippen molar-refractivity contribution in [2.75, 3.05) is 0 Å². The summed E-state index contributed by atoms with van der Waals surface area (Å²) in [6.45, 7) is 0. The van der Waals surface area contributed by atoms with Crippen LogP contribution < -0.4 is 0 Å². The molecule has 4 rings (SSSR count). The fourth-order valence-electron chi connectivity index (χ4n) is 4.89. The monoisotopic (exact) mass is 272 g/mol. The van der Waals surface area contributed by atoms with Crippen LogP contribution in [0.4, 0.5) is 13.2 Å². The molecule has 0 atom stereocenters. The number of rotatable bonds is 3. The zero-order chi connectivity index (χ0) is 13.7. The van der Waals surface area contributed by atoms with Crippen molar-refractivity contribution in [3.63, 3.8) is 0 Å². The summed E-state index contributed by atoms with van der Waals surface area (Å²) >= 11 is 0. The number of carbonyl (C=O) groups excluding carboxylic acids is 1. The van der Waals surface area contributed by atoms with Gasteiger partial charge >= 0.3 is 6.18 Å². The molecule has 0 aliphatic heterocycles. The molecule has 0 unspecified atom stereocenters. The lowest BCUT2D eigenvalue weighted by Crippen LogP contribution is -2.49. The Morgan fingerprint density at radius 1 is 1.05 bits per heavy atom. The number of carbonyl (C=O) groups is 1. The van der Waals surface area contributed by atoms with Crippen LogP contribution in [0, 0.1) is 23.2 Å². The third-order valence-corrected chi connectivity index (χ3v) is 5.18. The summed E-state index contributed by atoms with van der Waals surface area (Å²) in [5.41, 5.74) is -0.309. The summed E-state index contributed by atoms with van der Waals surface area (Å²) in [5, 5.41) is 0. The lowest BCUT2D eigenvalue weighted by Gasteiger charge is -2.55. The normalized spacial score (nSPS) is 41.1. The van der Waals surface area contributed by atoms with Gasteiger partial charge < -0.3 is 0 Å². The number of hydrogen-bond acceptors (Lipinski definition) is 1. The van der Waals surface area contributed by atoms with Gasteiger partial charge in [-0.05, 0) is 62.4 Å². The molecule has 4 heteroatoms. The van der Waals surface area contributed by atoms with Gasteiger partial charge in [-0.25, -0.2) is 0 Å². The van der Waals surface area contributed by atoms with Crippen molar-refractivity contribution in [2.24, 2.45) is 23.2 Å². The van der Waals surface area contributed by atoms with Crippen LogP contribution in [0.2, 0.25) is 0 Å². The molecule has 0 N–H and O–H groups in total. The van der Waals surface area contributed by atoms with Gasteiger partial charge in [0.15, 0.2) is 5.78 Å². The Morgan fingerprint density at radius 3 is 1.95 bits per heavy atom. The smallest absolute Gasteiger partial charge is 0.294 e. The van der Waals surface area contributed by atoms with E-state index in [1.807, 2.05) is 0 Å². The van der Waals surface area contributed by atoms with Crippen LogP contribution in [0.1, 0.15) is 44.9 Å². The maximum atomic E-state index is 12.3. The number of ketones is 1. The van der Waals surface area contributed by atoms with Gasteiger partial charge in [0.05, 0.1) is 6.42 Å². The lowest BCUT2D eigenvalue weighted by atomic mass is 9.48. The van der Waals surface area contributed by atoms with Crippen LogP contribution in [0.25, 0.3) is 0 Å². The summed E-state index contributed by atoms with van der Waals surface area (Å²) < 4.78 is 36.3. The van der Waals surface area contributed by atoms with E-state index < -0.39 is 12.6 Å². The Kier molecular flexibility index (Phi) is 3.02. The fraction of sp³-hybridized carbons (Fsp3) is 0.800. The van der Waals surface area contributed by atoms with Crippen LogP contribution in [0.15, 0.2) is 12.2 Å². The highest BCUT2D eigenvalue weighted by atomic mass is 19.4. The van der Waals surface area contributed by atoms with Gasteiger partial charge in [0.25, 0.3) is 0 Å². The van der Waals surface area contributed by atoms with E-state index in [1.165, 1.54) is 25.3 Å². The van der Waals surface area contributed by atoms with Crippen molar-refractivity contribution in [3.05, 3.63) is 12.2 Å². The molecule has 4 fully saturated rings. The zero-order valence-corrected chi connectivity index (χ0v) is 10.9. The molecule has 0 aromatic heterocycles. The fourth-order valence-corrected chi connectivity index (χ4v) is 4.89. The molecule has 0 saturated heterocycles. The highest BCUT2D eigenvalue weighted by Gasteiger charge is 2.53. The molecule has 0 aromatic carbocycles. The molecule has 0 heterocycles. The van der Waals surface area contributed by atoms with E-state index >= 15 is 0 Å². The summed E-state index contributed by atoms with van der Waals surface area (Å²) in [6.07, 6.45) is 3.44. The molecule has 4 aliphatic carbocycles. The first-order chi connectivity index (χ1) is 8.86. The lowest BCUT2D eigenvalue weighted by molar-refractivity contribution is -0.138. The van der Waals surface area contributed by atoms with Crippen molar-refractivity contribution >= 4 is 5.78 Å². The Morgan fingerprint density at radius 2 is 1.53 bits per heavy atom. The molecule has 106 valence electrons. The Labute approximate surface area is 111 Å². The van der Waals surface area contributed by atoms with E-state index in [2.05, 4.69) is 0 Å². The van der Waals surface area contributed by atoms with Crippen molar-refractivity contribution in [2.45, 2.75) is 51.1 Å². The Balaban J connectivity index is 1.69. The Bertz CT molecular complexity index is 373. The second-order valence-corrected chi connectivity index (χ2v) is 6.78. The maximum Gasteiger partial charge on any atom is 0.392 e. The molecule has 0 amide bonds. The standard InChI is InChI=1S/C15H19F3O/c16-15(17,18)3-1-2-13(19)14-7-10-4-11(8-14)6-12(5-10)9-14/h1-2,10-12H,3-9H2/b2-1+. The number of hydrogen-bond donors (Lipinski definition) is 0. The molecular formula is C15H19F3O. The predicted molar refractivity (Wildman–Crippen MR) is 65.4 cm³/mol. The minimum absolute atomic E-state index is 0.0455. The summed E-state index contributed by atoms with van der Waals surface area (Å²) in [6, 6.07) is 0. The zero-order valence-electron chi connectivity index (χ0n) is 10.9. The molecule has 0 spiro atoms. The maximum absolute atomic E-state index is 12.3. The first-order valence-corrected chi connectivity index (χ1v) is 7.14. The van der Waals surface area contributed by atoms with Gasteiger partial charge in [0.2, 0.25) is 0 Å². The van der Waals surface area contributed by atoms with Crippen LogP contribution >= 0.6 is 0 Å². The molecule has 0 aromatic rings. The first kappa shape index (κ1) is 13.2. The third kappa shape index (κ3) is 2.59. The predicted octanol–water partition coefficient (Wildman–Crippen LogP) is 4.28. The second kappa shape index (κ2) is 4.35. The highest BCUT2D eigenvalue weighted by molar-refractivity contribution is 5.95. The van der Waals surface area contributed by atoms with Crippen LogP contribution in [0.3, 0.4) is 0 Å². The molecule has 0 radical (unpaired) electrons. The average molecular weight is 272 g/mol. The topological polar surface area (TPSA) is 17.1 Å². The summed E-state index contributed by atoms with van der Waals surface area (Å²) in [5.74, 6) is 1.89. The third-order valence-electron chi connectivity index (χ3n) is 5.18. The number of allylic oxidation sites excluding steroid dienone is 2. The van der Waals surface area contributed by atoms with Crippen molar-refractivity contribution in [3.8, 4) is 0 Å². The van der Waals surface area contributed by atoms with Gasteiger partial charge in [0.1, 0.15) is 0 Å². The van der Waals surface area contributed by atoms with Gasteiger partial charge in [-0.2, -0.15) is 13.2 Å². The number of halogens is 3. The SMILES string of the molecule is O=C(/C=C/CC(F)(F)F)C12CC3CC(CC(C3)C1)C2. The van der Waals surface area contributed by atoms with E-state index in [1.54, 1.807) is 0 Å². The Hall–Kier alpha value is -0.800. The highest BCUT2D eigenvalue weighted by Crippen LogP contribution is 2.60.